The van der Waals surface area contributed by atoms with Gasteiger partial charge in [0.1, 0.15) is 36.2 Å². The first-order valence-electron chi connectivity index (χ1n) is 14.1. The van der Waals surface area contributed by atoms with Crippen molar-refractivity contribution in [3.8, 4) is 29.4 Å². The number of rotatable bonds is 14. The van der Waals surface area contributed by atoms with E-state index in [2.05, 4.69) is 54.5 Å². The number of hydrogen-bond donors (Lipinski definition) is 0. The van der Waals surface area contributed by atoms with Gasteiger partial charge in [0.05, 0.1) is 6.61 Å². The van der Waals surface area contributed by atoms with Crippen molar-refractivity contribution in [2.45, 2.75) is 84.3 Å². The highest BCUT2D eigenvalue weighted by Crippen LogP contribution is 2.52. The smallest absolute Gasteiger partial charge is 0.263 e. The second kappa shape index (κ2) is 15.2. The highest BCUT2D eigenvalue weighted by atomic mass is 35.5. The standard InChI is InChI=1S/C34H40ClF2N3O2/c1-6-8-20-33(40-26-38-25-39-40,21-10-11-22-41-30-18-14-28(15-19-30)31(36)37)34(32(3,4)5,42-23-9-7-2)24-27-12-16-29(35)17-13-27/h12-19,25-26,31H,10-11,20-24H2,1-5H3. The van der Waals surface area contributed by atoms with Crippen LogP contribution in [0.15, 0.2) is 61.2 Å². The largest absolute Gasteiger partial charge is 0.494 e. The van der Waals surface area contributed by atoms with Crippen LogP contribution in [0.3, 0.4) is 0 Å². The van der Waals surface area contributed by atoms with E-state index >= 15 is 0 Å². The van der Waals surface area contributed by atoms with Crippen LogP contribution in [0.2, 0.25) is 5.02 Å². The fourth-order valence-corrected chi connectivity index (χ4v) is 5.67. The molecule has 224 valence electrons. The number of aromatic nitrogens is 3. The number of nitrogens with zero attached hydrogens (tertiary/aromatic N) is 3. The Morgan fingerprint density at radius 3 is 2.21 bits per heavy atom. The van der Waals surface area contributed by atoms with Crippen molar-refractivity contribution in [2.75, 3.05) is 13.2 Å². The summed E-state index contributed by atoms with van der Waals surface area (Å²) in [5, 5.41) is 5.35. The topological polar surface area (TPSA) is 49.2 Å². The molecule has 0 spiro atoms. The van der Waals surface area contributed by atoms with Crippen LogP contribution in [0.5, 0.6) is 5.75 Å². The van der Waals surface area contributed by atoms with Gasteiger partial charge in [-0.05, 0) is 80.5 Å². The Balaban J connectivity index is 2.01. The molecule has 0 saturated heterocycles. The number of ether oxygens (including phenoxy) is 2. The molecule has 0 saturated carbocycles. The average molecular weight is 596 g/mol. The van der Waals surface area contributed by atoms with E-state index in [4.69, 9.17) is 21.1 Å². The van der Waals surface area contributed by atoms with Crippen LogP contribution < -0.4 is 4.74 Å². The Morgan fingerprint density at radius 1 is 0.952 bits per heavy atom. The van der Waals surface area contributed by atoms with Gasteiger partial charge in [0.2, 0.25) is 0 Å². The molecule has 3 rings (SSSR count). The summed E-state index contributed by atoms with van der Waals surface area (Å²) in [6, 6.07) is 13.8. The van der Waals surface area contributed by atoms with Gasteiger partial charge in [-0.2, -0.15) is 5.10 Å². The summed E-state index contributed by atoms with van der Waals surface area (Å²) in [4.78, 5) is 4.33. The molecule has 2 atom stereocenters. The minimum Gasteiger partial charge on any atom is -0.494 e. The van der Waals surface area contributed by atoms with E-state index in [0.717, 1.165) is 18.4 Å². The Kier molecular flexibility index (Phi) is 12.0. The molecule has 0 aliphatic rings. The van der Waals surface area contributed by atoms with Crippen LogP contribution in [-0.2, 0) is 16.7 Å². The van der Waals surface area contributed by atoms with Crippen molar-refractivity contribution in [1.29, 1.82) is 0 Å². The minimum atomic E-state index is -2.50. The fraction of sp³-hybridized carbons (Fsp3) is 0.471. The van der Waals surface area contributed by atoms with Gasteiger partial charge in [-0.3, -0.25) is 0 Å². The molecule has 0 fully saturated rings. The van der Waals surface area contributed by atoms with Crippen LogP contribution in [0.1, 0.15) is 77.9 Å². The lowest BCUT2D eigenvalue weighted by atomic mass is 9.59. The zero-order valence-corrected chi connectivity index (χ0v) is 25.8. The molecule has 2 aromatic carbocycles. The fourth-order valence-electron chi connectivity index (χ4n) is 5.55. The van der Waals surface area contributed by atoms with E-state index in [1.54, 1.807) is 31.7 Å². The van der Waals surface area contributed by atoms with Crippen molar-refractivity contribution in [3.05, 3.63) is 77.3 Å². The van der Waals surface area contributed by atoms with Gasteiger partial charge in [-0.15, -0.1) is 17.8 Å². The van der Waals surface area contributed by atoms with Crippen molar-refractivity contribution < 1.29 is 18.3 Å². The van der Waals surface area contributed by atoms with Crippen LogP contribution in [0, 0.1) is 29.1 Å². The number of benzene rings is 2. The molecule has 3 aromatic rings. The summed E-state index contributed by atoms with van der Waals surface area (Å²) in [5.41, 5.74) is -0.890. The highest BCUT2D eigenvalue weighted by Gasteiger charge is 2.60. The lowest BCUT2D eigenvalue weighted by Gasteiger charge is -2.56. The molecule has 0 radical (unpaired) electrons. The second-order valence-corrected chi connectivity index (χ2v) is 11.7. The molecule has 0 aliphatic carbocycles. The zero-order chi connectivity index (χ0) is 30.6. The maximum Gasteiger partial charge on any atom is 0.263 e. The molecule has 0 N–H and O–H groups in total. The summed E-state index contributed by atoms with van der Waals surface area (Å²) >= 11 is 6.24. The molecule has 2 unspecified atom stereocenters. The van der Waals surface area contributed by atoms with Crippen LogP contribution in [0.4, 0.5) is 8.78 Å². The molecule has 1 aromatic heterocycles. The van der Waals surface area contributed by atoms with Crippen molar-refractivity contribution in [2.24, 2.45) is 5.41 Å². The molecule has 0 amide bonds. The Labute approximate surface area is 254 Å². The number of unbranched alkanes of at least 4 members (excludes halogenated alkanes) is 1. The quantitative estimate of drug-likeness (QED) is 0.139. The monoisotopic (exact) mass is 595 g/mol. The summed E-state index contributed by atoms with van der Waals surface area (Å²) in [7, 11) is 0. The number of alkyl halides is 2. The minimum absolute atomic E-state index is 0.0241. The Morgan fingerprint density at radius 2 is 1.64 bits per heavy atom. The lowest BCUT2D eigenvalue weighted by molar-refractivity contribution is -0.187. The predicted octanol–water partition coefficient (Wildman–Crippen LogP) is 8.29. The van der Waals surface area contributed by atoms with Gasteiger partial charge in [0.15, 0.2) is 0 Å². The predicted molar refractivity (Wildman–Crippen MR) is 164 cm³/mol. The van der Waals surface area contributed by atoms with E-state index < -0.39 is 23.0 Å². The highest BCUT2D eigenvalue weighted by molar-refractivity contribution is 6.30. The van der Waals surface area contributed by atoms with E-state index in [0.29, 0.717) is 36.6 Å². The van der Waals surface area contributed by atoms with E-state index in [1.165, 1.54) is 12.1 Å². The second-order valence-electron chi connectivity index (χ2n) is 11.2. The molecular formula is C34H40ClF2N3O2. The number of hydrogen-bond acceptors (Lipinski definition) is 4. The van der Waals surface area contributed by atoms with Gasteiger partial charge < -0.3 is 9.47 Å². The summed E-state index contributed by atoms with van der Waals surface area (Å²) in [6.07, 6.45) is 3.99. The van der Waals surface area contributed by atoms with Gasteiger partial charge in [-0.1, -0.05) is 50.4 Å². The third kappa shape index (κ3) is 7.91. The van der Waals surface area contributed by atoms with Crippen LogP contribution in [0.25, 0.3) is 0 Å². The first-order valence-corrected chi connectivity index (χ1v) is 14.5. The molecule has 8 heteroatoms. The maximum absolute atomic E-state index is 12.9. The summed E-state index contributed by atoms with van der Waals surface area (Å²) < 4.78 is 40.6. The SMILES string of the molecule is CC#CCOC(Cc1ccc(Cl)cc1)(C(C)(C)C)C(CC#CC)(CCCCOc1ccc(C(F)F)cc1)n1cncn1. The van der Waals surface area contributed by atoms with Crippen molar-refractivity contribution in [3.63, 3.8) is 0 Å². The summed E-state index contributed by atoms with van der Waals surface area (Å²) in [5.74, 6) is 13.1. The third-order valence-corrected chi connectivity index (χ3v) is 7.95. The van der Waals surface area contributed by atoms with Gasteiger partial charge in [0.25, 0.3) is 6.43 Å². The van der Waals surface area contributed by atoms with E-state index in [1.807, 2.05) is 35.9 Å². The molecular weight excluding hydrogens is 556 g/mol. The lowest BCUT2D eigenvalue weighted by Crippen LogP contribution is -2.65. The van der Waals surface area contributed by atoms with Gasteiger partial charge in [0, 0.05) is 23.4 Å². The molecule has 0 bridgehead atoms. The molecule has 1 heterocycles. The van der Waals surface area contributed by atoms with Crippen LogP contribution in [-0.4, -0.2) is 33.6 Å². The molecule has 5 nitrogen and oxygen atoms in total. The zero-order valence-electron chi connectivity index (χ0n) is 25.1. The molecule has 0 aliphatic heterocycles. The maximum atomic E-state index is 12.9. The van der Waals surface area contributed by atoms with Crippen molar-refractivity contribution in [1.82, 2.24) is 14.8 Å². The van der Waals surface area contributed by atoms with E-state index in [9.17, 15) is 8.78 Å². The summed E-state index contributed by atoms with van der Waals surface area (Å²) in [6.45, 7) is 10.9. The first kappa shape index (κ1) is 33.1. The van der Waals surface area contributed by atoms with Gasteiger partial charge in [-0.25, -0.2) is 18.4 Å². The average Bonchev–Trinajstić information content (AvgIpc) is 3.50. The molecule has 42 heavy (non-hydrogen) atoms. The van der Waals surface area contributed by atoms with E-state index in [-0.39, 0.29) is 12.2 Å². The van der Waals surface area contributed by atoms with Gasteiger partial charge >= 0.3 is 0 Å². The third-order valence-electron chi connectivity index (χ3n) is 7.70. The normalized spacial score (nSPS) is 14.2. The Bertz CT molecular complexity index is 1370. The van der Waals surface area contributed by atoms with Crippen LogP contribution >= 0.6 is 11.6 Å². The number of halogens is 3. The first-order chi connectivity index (χ1) is 20.1. The van der Waals surface area contributed by atoms with Crippen molar-refractivity contribution >= 4 is 11.6 Å². The Hall–Kier alpha value is -3.39.